The molecule has 0 aromatic heterocycles. The lowest BCUT2D eigenvalue weighted by atomic mass is 9.93. The molecule has 0 unspecified atom stereocenters. The largest absolute Gasteiger partial charge is 0.406 e. The second-order valence-corrected chi connectivity index (χ2v) is 5.61. The van der Waals surface area contributed by atoms with E-state index in [2.05, 4.69) is 0 Å². The van der Waals surface area contributed by atoms with Gasteiger partial charge in [-0.05, 0) is 12.8 Å². The highest BCUT2D eigenvalue weighted by Gasteiger charge is 2.53. The standard InChI is InChI=1S/C6H10F3NO2S/c7-6(8,9)5(10)1-3-13(11,12)4-2-5/h1-4,10H2. The van der Waals surface area contributed by atoms with Crippen molar-refractivity contribution in [1.29, 1.82) is 0 Å². The Bertz CT molecular complexity index is 281. The van der Waals surface area contributed by atoms with Crippen LogP contribution in [0.1, 0.15) is 12.8 Å². The zero-order chi connectivity index (χ0) is 10.3. The molecule has 7 heteroatoms. The fraction of sp³-hybridized carbons (Fsp3) is 1.00. The molecule has 0 saturated carbocycles. The van der Waals surface area contributed by atoms with Crippen LogP contribution in [0.25, 0.3) is 0 Å². The monoisotopic (exact) mass is 217 g/mol. The number of halogens is 3. The summed E-state index contributed by atoms with van der Waals surface area (Å²) in [4.78, 5) is 0. The molecule has 1 saturated heterocycles. The highest BCUT2D eigenvalue weighted by atomic mass is 32.2. The molecule has 0 aromatic carbocycles. The summed E-state index contributed by atoms with van der Waals surface area (Å²) < 4.78 is 58.5. The molecule has 13 heavy (non-hydrogen) atoms. The molecule has 3 nitrogen and oxygen atoms in total. The molecule has 0 radical (unpaired) electrons. The van der Waals surface area contributed by atoms with E-state index in [1.54, 1.807) is 0 Å². The van der Waals surface area contributed by atoms with Crippen LogP contribution in [0.2, 0.25) is 0 Å². The first-order chi connectivity index (χ1) is 5.66. The van der Waals surface area contributed by atoms with Gasteiger partial charge in [-0.3, -0.25) is 0 Å². The van der Waals surface area contributed by atoms with Crippen molar-refractivity contribution < 1.29 is 21.6 Å². The van der Waals surface area contributed by atoms with Gasteiger partial charge in [-0.25, -0.2) is 8.42 Å². The van der Waals surface area contributed by atoms with Crippen LogP contribution < -0.4 is 5.73 Å². The van der Waals surface area contributed by atoms with E-state index in [1.165, 1.54) is 0 Å². The molecule has 0 aromatic rings. The number of alkyl halides is 3. The summed E-state index contributed by atoms with van der Waals surface area (Å²) >= 11 is 0. The number of nitrogens with two attached hydrogens (primary N) is 1. The van der Waals surface area contributed by atoms with Crippen molar-refractivity contribution in [2.24, 2.45) is 5.73 Å². The van der Waals surface area contributed by atoms with Crippen molar-refractivity contribution in [1.82, 2.24) is 0 Å². The second kappa shape index (κ2) is 2.84. The van der Waals surface area contributed by atoms with Crippen molar-refractivity contribution in [2.45, 2.75) is 24.6 Å². The minimum absolute atomic E-state index is 0.469. The Hall–Kier alpha value is -0.300. The van der Waals surface area contributed by atoms with Gasteiger partial charge in [-0.1, -0.05) is 0 Å². The van der Waals surface area contributed by atoms with Gasteiger partial charge in [-0.2, -0.15) is 13.2 Å². The Morgan fingerprint density at radius 2 is 1.54 bits per heavy atom. The second-order valence-electron chi connectivity index (χ2n) is 3.31. The third-order valence-corrected chi connectivity index (χ3v) is 3.94. The predicted molar refractivity (Wildman–Crippen MR) is 40.9 cm³/mol. The van der Waals surface area contributed by atoms with Crippen LogP contribution in [0.4, 0.5) is 13.2 Å². The van der Waals surface area contributed by atoms with E-state index in [1.807, 2.05) is 0 Å². The van der Waals surface area contributed by atoms with Crippen molar-refractivity contribution in [3.8, 4) is 0 Å². The summed E-state index contributed by atoms with van der Waals surface area (Å²) in [6.45, 7) is 0. The molecule has 0 spiro atoms. The normalized spacial score (nSPS) is 27.1. The Labute approximate surface area is 74.0 Å². The van der Waals surface area contributed by atoms with Gasteiger partial charge in [0.2, 0.25) is 0 Å². The van der Waals surface area contributed by atoms with Crippen LogP contribution in [0.3, 0.4) is 0 Å². The Morgan fingerprint density at radius 3 is 1.85 bits per heavy atom. The highest BCUT2D eigenvalue weighted by molar-refractivity contribution is 7.91. The van der Waals surface area contributed by atoms with Gasteiger partial charge < -0.3 is 5.73 Å². The molecule has 2 N–H and O–H groups in total. The first kappa shape index (κ1) is 10.8. The lowest BCUT2D eigenvalue weighted by molar-refractivity contribution is -0.187. The lowest BCUT2D eigenvalue weighted by Gasteiger charge is -2.34. The SMILES string of the molecule is NC1(C(F)(F)F)CCS(=O)(=O)CC1. The molecule has 1 aliphatic rings. The van der Waals surface area contributed by atoms with Crippen LogP contribution >= 0.6 is 0 Å². The molecule has 0 aliphatic carbocycles. The van der Waals surface area contributed by atoms with Crippen LogP contribution in [-0.4, -0.2) is 31.6 Å². The van der Waals surface area contributed by atoms with E-state index >= 15 is 0 Å². The lowest BCUT2D eigenvalue weighted by Crippen LogP contribution is -2.57. The topological polar surface area (TPSA) is 60.2 Å². The van der Waals surface area contributed by atoms with Crippen LogP contribution in [0.5, 0.6) is 0 Å². The first-order valence-corrected chi connectivity index (χ1v) is 5.54. The van der Waals surface area contributed by atoms with E-state index in [4.69, 9.17) is 5.73 Å². The maximum absolute atomic E-state index is 12.3. The van der Waals surface area contributed by atoms with Crippen molar-refractivity contribution in [2.75, 3.05) is 11.5 Å². The third kappa shape index (κ3) is 2.14. The minimum Gasteiger partial charge on any atom is -0.318 e. The van der Waals surface area contributed by atoms with E-state index < -0.39 is 45.9 Å². The maximum Gasteiger partial charge on any atom is 0.406 e. The van der Waals surface area contributed by atoms with Gasteiger partial charge in [0.05, 0.1) is 11.5 Å². The fourth-order valence-corrected chi connectivity index (χ4v) is 2.74. The molecule has 0 bridgehead atoms. The summed E-state index contributed by atoms with van der Waals surface area (Å²) in [6, 6.07) is 0. The van der Waals surface area contributed by atoms with Crippen LogP contribution in [0, 0.1) is 0 Å². The quantitative estimate of drug-likeness (QED) is 0.641. The first-order valence-electron chi connectivity index (χ1n) is 3.72. The van der Waals surface area contributed by atoms with E-state index in [0.717, 1.165) is 0 Å². The van der Waals surface area contributed by atoms with Gasteiger partial charge in [0.15, 0.2) is 0 Å². The summed E-state index contributed by atoms with van der Waals surface area (Å²) in [5.74, 6) is -0.938. The summed E-state index contributed by atoms with van der Waals surface area (Å²) in [7, 11) is -3.29. The predicted octanol–water partition coefficient (Wildman–Crippen LogP) is 0.455. The summed E-state index contributed by atoms with van der Waals surface area (Å²) in [5.41, 5.74) is 2.76. The molecule has 78 valence electrons. The summed E-state index contributed by atoms with van der Waals surface area (Å²) in [5, 5.41) is 0. The van der Waals surface area contributed by atoms with Crippen molar-refractivity contribution in [3.05, 3.63) is 0 Å². The van der Waals surface area contributed by atoms with Crippen LogP contribution in [-0.2, 0) is 9.84 Å². The van der Waals surface area contributed by atoms with Crippen molar-refractivity contribution in [3.63, 3.8) is 0 Å². The molecular formula is C6H10F3NO2S. The van der Waals surface area contributed by atoms with E-state index in [9.17, 15) is 21.6 Å². The number of rotatable bonds is 0. The maximum atomic E-state index is 12.3. The molecule has 1 aliphatic heterocycles. The fourth-order valence-electron chi connectivity index (χ4n) is 1.19. The zero-order valence-corrected chi connectivity index (χ0v) is 7.58. The minimum atomic E-state index is -4.51. The summed E-state index contributed by atoms with van der Waals surface area (Å²) in [6.07, 6.45) is -5.57. The van der Waals surface area contributed by atoms with Gasteiger partial charge in [0.25, 0.3) is 0 Å². The van der Waals surface area contributed by atoms with Crippen molar-refractivity contribution >= 4 is 9.84 Å². The molecule has 0 amide bonds. The van der Waals surface area contributed by atoms with Gasteiger partial charge >= 0.3 is 6.18 Å². The molecule has 0 atom stereocenters. The average molecular weight is 217 g/mol. The average Bonchev–Trinajstić information content (AvgIpc) is 1.94. The smallest absolute Gasteiger partial charge is 0.318 e. The van der Waals surface area contributed by atoms with Gasteiger partial charge in [0, 0.05) is 0 Å². The molecule has 1 fully saturated rings. The Balaban J connectivity index is 2.79. The highest BCUT2D eigenvalue weighted by Crippen LogP contribution is 2.36. The third-order valence-electron chi connectivity index (χ3n) is 2.28. The molecule has 1 rings (SSSR count). The van der Waals surface area contributed by atoms with E-state index in [-0.39, 0.29) is 0 Å². The Kier molecular flexibility index (Phi) is 2.36. The Morgan fingerprint density at radius 1 is 1.15 bits per heavy atom. The number of sulfone groups is 1. The molecule has 1 heterocycles. The van der Waals surface area contributed by atoms with E-state index in [0.29, 0.717) is 0 Å². The van der Waals surface area contributed by atoms with Crippen LogP contribution in [0.15, 0.2) is 0 Å². The van der Waals surface area contributed by atoms with Gasteiger partial charge in [0.1, 0.15) is 15.4 Å². The number of hydrogen-bond donors (Lipinski definition) is 1. The van der Waals surface area contributed by atoms with Gasteiger partial charge in [-0.15, -0.1) is 0 Å². The number of hydrogen-bond acceptors (Lipinski definition) is 3. The zero-order valence-electron chi connectivity index (χ0n) is 6.76. The molecular weight excluding hydrogens is 207 g/mol.